The quantitative estimate of drug-likeness (QED) is 0.693. The van der Waals surface area contributed by atoms with Gasteiger partial charge in [-0.3, -0.25) is 14.6 Å². The van der Waals surface area contributed by atoms with Crippen LogP contribution in [-0.2, 0) is 24.2 Å². The lowest BCUT2D eigenvalue weighted by molar-refractivity contribution is -0.117. The molecule has 1 unspecified atom stereocenters. The van der Waals surface area contributed by atoms with Gasteiger partial charge in [-0.1, -0.05) is 37.1 Å². The van der Waals surface area contributed by atoms with Crippen molar-refractivity contribution in [3.8, 4) is 6.07 Å². The zero-order chi connectivity index (χ0) is 21.8. The van der Waals surface area contributed by atoms with Gasteiger partial charge in [-0.2, -0.15) is 5.26 Å². The summed E-state index contributed by atoms with van der Waals surface area (Å²) in [6.45, 7) is 7.11. The molecular weight excluding hydrogens is 428 g/mol. The fraction of sp³-hybridized carbons (Fsp3) is 0.500. The number of nitriles is 1. The predicted octanol–water partition coefficient (Wildman–Crippen LogP) is 4.54. The molecule has 2 aromatic rings. The van der Waals surface area contributed by atoms with Crippen molar-refractivity contribution in [1.82, 2.24) is 9.80 Å². The molecular formula is C24H29ClN4OS. The summed E-state index contributed by atoms with van der Waals surface area (Å²) in [5.74, 6) is 0.679. The molecule has 1 aliphatic carbocycles. The van der Waals surface area contributed by atoms with E-state index >= 15 is 0 Å². The van der Waals surface area contributed by atoms with Gasteiger partial charge in [0, 0.05) is 42.6 Å². The van der Waals surface area contributed by atoms with Crippen LogP contribution in [0.3, 0.4) is 0 Å². The lowest BCUT2D eigenvalue weighted by atomic mass is 9.86. The molecule has 1 N–H and O–H groups in total. The summed E-state index contributed by atoms with van der Waals surface area (Å²) in [6.07, 6.45) is 4.31. The second kappa shape index (κ2) is 10.1. The van der Waals surface area contributed by atoms with Crippen molar-refractivity contribution in [2.45, 2.75) is 39.2 Å². The molecule has 1 amide bonds. The molecule has 1 atom stereocenters. The predicted molar refractivity (Wildman–Crippen MR) is 127 cm³/mol. The zero-order valence-electron chi connectivity index (χ0n) is 18.0. The number of thiophene rings is 1. The number of hydrogen-bond acceptors (Lipinski definition) is 5. The Morgan fingerprint density at radius 3 is 2.61 bits per heavy atom. The van der Waals surface area contributed by atoms with Crippen LogP contribution in [0.4, 0.5) is 5.00 Å². The van der Waals surface area contributed by atoms with E-state index in [4.69, 9.17) is 11.6 Å². The van der Waals surface area contributed by atoms with Gasteiger partial charge >= 0.3 is 0 Å². The molecule has 0 bridgehead atoms. The van der Waals surface area contributed by atoms with Crippen LogP contribution in [0.1, 0.15) is 41.3 Å². The zero-order valence-corrected chi connectivity index (χ0v) is 19.6. The Labute approximate surface area is 193 Å². The third-order valence-electron chi connectivity index (χ3n) is 6.46. The van der Waals surface area contributed by atoms with Gasteiger partial charge in [-0.25, -0.2) is 0 Å². The van der Waals surface area contributed by atoms with E-state index in [-0.39, 0.29) is 5.91 Å². The highest BCUT2D eigenvalue weighted by atomic mass is 35.5. The van der Waals surface area contributed by atoms with Crippen molar-refractivity contribution in [3.05, 3.63) is 50.9 Å². The Bertz CT molecular complexity index is 957. The van der Waals surface area contributed by atoms with E-state index in [1.165, 1.54) is 22.4 Å². The molecule has 0 spiro atoms. The number of piperazine rings is 1. The van der Waals surface area contributed by atoms with Gasteiger partial charge in [0.05, 0.1) is 12.1 Å². The fourth-order valence-corrected chi connectivity index (χ4v) is 5.99. The van der Waals surface area contributed by atoms with Gasteiger partial charge in [0.1, 0.15) is 11.1 Å². The van der Waals surface area contributed by atoms with Gasteiger partial charge in [-0.05, 0) is 48.4 Å². The lowest BCUT2D eigenvalue weighted by Crippen LogP contribution is -2.48. The first kappa shape index (κ1) is 22.3. The summed E-state index contributed by atoms with van der Waals surface area (Å²) in [5.41, 5.74) is 3.12. The third-order valence-corrected chi connectivity index (χ3v) is 7.88. The highest BCUT2D eigenvalue weighted by Crippen LogP contribution is 2.40. The molecule has 4 rings (SSSR count). The minimum atomic E-state index is -0.0201. The molecule has 1 aliphatic heterocycles. The Balaban J connectivity index is 1.29. The number of nitrogens with zero attached hydrogens (tertiary/aromatic N) is 3. The van der Waals surface area contributed by atoms with Gasteiger partial charge in [0.15, 0.2) is 0 Å². The van der Waals surface area contributed by atoms with Crippen molar-refractivity contribution in [2.24, 2.45) is 5.92 Å². The van der Waals surface area contributed by atoms with E-state index in [9.17, 15) is 10.1 Å². The third kappa shape index (κ3) is 5.48. The molecule has 0 radical (unpaired) electrons. The van der Waals surface area contributed by atoms with Gasteiger partial charge in [0.25, 0.3) is 0 Å². The molecule has 1 aromatic heterocycles. The molecule has 0 saturated carbocycles. The summed E-state index contributed by atoms with van der Waals surface area (Å²) in [4.78, 5) is 18.6. The molecule has 164 valence electrons. The average Bonchev–Trinajstić information content (AvgIpc) is 3.12. The molecule has 2 aliphatic rings. The highest BCUT2D eigenvalue weighted by molar-refractivity contribution is 7.16. The molecule has 5 nitrogen and oxygen atoms in total. The second-order valence-corrected chi connectivity index (χ2v) is 10.1. The normalized spacial score (nSPS) is 19.6. The SMILES string of the molecule is CCC1CCc2c(sc(NC(=O)CN3CCN(Cc4ccc(Cl)cc4)CC3)c2C#N)C1. The minimum Gasteiger partial charge on any atom is -0.315 e. The van der Waals surface area contributed by atoms with E-state index in [0.717, 1.165) is 62.0 Å². The number of amides is 1. The van der Waals surface area contributed by atoms with Crippen LogP contribution in [0.25, 0.3) is 0 Å². The Morgan fingerprint density at radius 2 is 1.94 bits per heavy atom. The Morgan fingerprint density at radius 1 is 1.23 bits per heavy atom. The first-order chi connectivity index (χ1) is 15.1. The average molecular weight is 457 g/mol. The number of carbonyl (C=O) groups excluding carboxylic acids is 1. The number of rotatable bonds is 6. The van der Waals surface area contributed by atoms with E-state index in [1.54, 1.807) is 11.3 Å². The number of carbonyl (C=O) groups is 1. The van der Waals surface area contributed by atoms with Crippen molar-refractivity contribution in [1.29, 1.82) is 5.26 Å². The number of anilines is 1. The Hall–Kier alpha value is -1.91. The van der Waals surface area contributed by atoms with Crippen molar-refractivity contribution in [3.63, 3.8) is 0 Å². The summed E-state index contributed by atoms with van der Waals surface area (Å²) >= 11 is 7.57. The summed E-state index contributed by atoms with van der Waals surface area (Å²) < 4.78 is 0. The highest BCUT2D eigenvalue weighted by Gasteiger charge is 2.26. The maximum absolute atomic E-state index is 12.7. The summed E-state index contributed by atoms with van der Waals surface area (Å²) in [5, 5.41) is 14.2. The molecule has 1 fully saturated rings. The lowest BCUT2D eigenvalue weighted by Gasteiger charge is -2.34. The molecule has 31 heavy (non-hydrogen) atoms. The maximum atomic E-state index is 12.7. The van der Waals surface area contributed by atoms with Crippen LogP contribution in [0, 0.1) is 17.2 Å². The van der Waals surface area contributed by atoms with E-state index in [2.05, 4.69) is 40.2 Å². The summed E-state index contributed by atoms with van der Waals surface area (Å²) in [6, 6.07) is 10.3. The Kier molecular flexibility index (Phi) is 7.29. The molecule has 1 saturated heterocycles. The van der Waals surface area contributed by atoms with Crippen molar-refractivity contribution >= 4 is 33.8 Å². The number of hydrogen-bond donors (Lipinski definition) is 1. The van der Waals surface area contributed by atoms with Gasteiger partial charge in [-0.15, -0.1) is 11.3 Å². The van der Waals surface area contributed by atoms with Crippen LogP contribution in [0.5, 0.6) is 0 Å². The van der Waals surface area contributed by atoms with Crippen LogP contribution in [0.15, 0.2) is 24.3 Å². The summed E-state index contributed by atoms with van der Waals surface area (Å²) in [7, 11) is 0. The number of halogens is 1. The van der Waals surface area contributed by atoms with Crippen molar-refractivity contribution in [2.75, 3.05) is 38.0 Å². The van der Waals surface area contributed by atoms with Crippen LogP contribution < -0.4 is 5.32 Å². The monoisotopic (exact) mass is 456 g/mol. The van der Waals surface area contributed by atoms with Crippen molar-refractivity contribution < 1.29 is 4.79 Å². The maximum Gasteiger partial charge on any atom is 0.239 e. The smallest absolute Gasteiger partial charge is 0.239 e. The van der Waals surface area contributed by atoms with E-state index in [0.29, 0.717) is 18.0 Å². The first-order valence-corrected chi connectivity index (χ1v) is 12.3. The van der Waals surface area contributed by atoms with E-state index < -0.39 is 0 Å². The number of fused-ring (bicyclic) bond motifs is 1. The topological polar surface area (TPSA) is 59.4 Å². The molecule has 1 aromatic carbocycles. The van der Waals surface area contributed by atoms with Gasteiger partial charge in [0.2, 0.25) is 5.91 Å². The molecule has 7 heteroatoms. The largest absolute Gasteiger partial charge is 0.315 e. The fourth-order valence-electron chi connectivity index (χ4n) is 4.53. The number of benzene rings is 1. The van der Waals surface area contributed by atoms with Crippen LogP contribution >= 0.6 is 22.9 Å². The number of nitrogens with one attached hydrogen (secondary N) is 1. The van der Waals surface area contributed by atoms with Gasteiger partial charge < -0.3 is 5.32 Å². The van der Waals surface area contributed by atoms with Crippen LogP contribution in [0.2, 0.25) is 5.02 Å². The molecule has 2 heterocycles. The minimum absolute atomic E-state index is 0.0201. The standard InChI is InChI=1S/C24H29ClN4OS/c1-2-17-5-8-20-21(14-26)24(31-22(20)13-17)27-23(30)16-29-11-9-28(10-12-29)15-18-3-6-19(25)7-4-18/h3-4,6-7,17H,2,5,8-13,15-16H2,1H3,(H,27,30). The van der Waals surface area contributed by atoms with E-state index in [1.807, 2.05) is 12.1 Å². The van der Waals surface area contributed by atoms with Crippen LogP contribution in [-0.4, -0.2) is 48.4 Å². The first-order valence-electron chi connectivity index (χ1n) is 11.1. The second-order valence-electron chi connectivity index (χ2n) is 8.56.